The predicted octanol–water partition coefficient (Wildman–Crippen LogP) is 1.25. The number of carbonyl (C=O) groups is 1. The Bertz CT molecular complexity index is 678. The number of Topliss-reactive ketones (excluding diaryl/α,β-unsaturated/α-hetero) is 1. The maximum absolute atomic E-state index is 14.0. The fourth-order valence-corrected chi connectivity index (χ4v) is 2.40. The number of fused-ring (bicyclic) bond motifs is 1. The number of halogens is 1. The number of aryl methyl sites for hydroxylation is 1. The summed E-state index contributed by atoms with van der Waals surface area (Å²) in [6, 6.07) is 6.33. The minimum Gasteiger partial charge on any atom is -0.423 e. The van der Waals surface area contributed by atoms with Crippen LogP contribution in [-0.2, 0) is 17.7 Å². The van der Waals surface area contributed by atoms with E-state index in [2.05, 4.69) is 4.98 Å². The van der Waals surface area contributed by atoms with Crippen molar-refractivity contribution in [3.05, 3.63) is 59.2 Å². The first-order chi connectivity index (χ1) is 10.1. The number of rotatable bonds is 4. The zero-order valence-electron chi connectivity index (χ0n) is 11.3. The summed E-state index contributed by atoms with van der Waals surface area (Å²) in [7, 11) is -1.08. The molecule has 0 amide bonds. The molecule has 0 saturated heterocycles. The lowest BCUT2D eigenvalue weighted by molar-refractivity contribution is 0.0979. The molecule has 6 heteroatoms. The molecule has 1 N–H and O–H groups in total. The first-order valence-corrected chi connectivity index (χ1v) is 6.69. The molecule has 1 aromatic carbocycles. The molecule has 4 nitrogen and oxygen atoms in total. The monoisotopic (exact) mass is 285 g/mol. The van der Waals surface area contributed by atoms with E-state index in [1.165, 1.54) is 12.1 Å². The van der Waals surface area contributed by atoms with E-state index in [4.69, 9.17) is 4.65 Å². The molecule has 3 rings (SSSR count). The molecule has 0 unspecified atom stereocenters. The summed E-state index contributed by atoms with van der Waals surface area (Å²) in [4.78, 5) is 16.1. The number of nitrogens with zero attached hydrogens (tertiary/aromatic N) is 1. The molecule has 106 valence electrons. The maximum Gasteiger partial charge on any atom is 0.491 e. The summed E-state index contributed by atoms with van der Waals surface area (Å²) < 4.78 is 19.0. The van der Waals surface area contributed by atoms with Crippen LogP contribution in [0.15, 0.2) is 36.7 Å². The SMILES string of the molecule is O=C(CCc1cccnc1)c1cc2c(cc1F)COB2O. The summed E-state index contributed by atoms with van der Waals surface area (Å²) >= 11 is 0. The van der Waals surface area contributed by atoms with Crippen LogP contribution in [0.4, 0.5) is 4.39 Å². The smallest absolute Gasteiger partial charge is 0.423 e. The molecule has 1 aromatic heterocycles. The maximum atomic E-state index is 14.0. The van der Waals surface area contributed by atoms with E-state index in [9.17, 15) is 14.2 Å². The van der Waals surface area contributed by atoms with Gasteiger partial charge >= 0.3 is 7.12 Å². The van der Waals surface area contributed by atoms with Gasteiger partial charge in [0.2, 0.25) is 0 Å². The number of hydrogen-bond donors (Lipinski definition) is 1. The molecule has 21 heavy (non-hydrogen) atoms. The molecule has 0 radical (unpaired) electrons. The second-order valence-corrected chi connectivity index (χ2v) is 4.98. The summed E-state index contributed by atoms with van der Waals surface area (Å²) in [5.74, 6) is -0.860. The molecule has 0 aliphatic carbocycles. The summed E-state index contributed by atoms with van der Waals surface area (Å²) in [6.45, 7) is 0.164. The predicted molar refractivity (Wildman–Crippen MR) is 75.7 cm³/mol. The summed E-state index contributed by atoms with van der Waals surface area (Å²) in [5.41, 5.74) is 1.99. The zero-order valence-corrected chi connectivity index (χ0v) is 11.3. The molecule has 0 saturated carbocycles. The molecular formula is C15H13BFNO3. The zero-order chi connectivity index (χ0) is 14.8. The van der Waals surface area contributed by atoms with Crippen molar-refractivity contribution in [1.82, 2.24) is 4.98 Å². The molecule has 0 spiro atoms. The van der Waals surface area contributed by atoms with Gasteiger partial charge in [-0.15, -0.1) is 0 Å². The van der Waals surface area contributed by atoms with E-state index < -0.39 is 12.9 Å². The fraction of sp³-hybridized carbons (Fsp3) is 0.200. The topological polar surface area (TPSA) is 59.4 Å². The Morgan fingerprint density at radius 1 is 1.48 bits per heavy atom. The van der Waals surface area contributed by atoms with Crippen molar-refractivity contribution in [2.75, 3.05) is 0 Å². The van der Waals surface area contributed by atoms with Crippen molar-refractivity contribution in [2.24, 2.45) is 0 Å². The highest BCUT2D eigenvalue weighted by molar-refractivity contribution is 6.61. The number of hydrogen-bond acceptors (Lipinski definition) is 4. The van der Waals surface area contributed by atoms with Gasteiger partial charge in [-0.05, 0) is 41.2 Å². The molecule has 0 fully saturated rings. The minimum absolute atomic E-state index is 0.00203. The Morgan fingerprint density at radius 2 is 2.33 bits per heavy atom. The van der Waals surface area contributed by atoms with Crippen LogP contribution in [0.1, 0.15) is 27.9 Å². The van der Waals surface area contributed by atoms with Crippen LogP contribution in [0.2, 0.25) is 0 Å². The minimum atomic E-state index is -1.08. The van der Waals surface area contributed by atoms with Gasteiger partial charge in [-0.3, -0.25) is 9.78 Å². The first-order valence-electron chi connectivity index (χ1n) is 6.69. The van der Waals surface area contributed by atoms with E-state index in [1.807, 2.05) is 6.07 Å². The Labute approximate surface area is 121 Å². The molecule has 2 heterocycles. The Hall–Kier alpha value is -2.05. The van der Waals surface area contributed by atoms with Crippen LogP contribution in [0, 0.1) is 5.82 Å². The number of carbonyl (C=O) groups excluding carboxylic acids is 1. The van der Waals surface area contributed by atoms with Gasteiger partial charge in [0.05, 0.1) is 12.2 Å². The number of ketones is 1. The lowest BCUT2D eigenvalue weighted by atomic mass is 9.78. The Kier molecular flexibility index (Phi) is 3.81. The van der Waals surface area contributed by atoms with Crippen molar-refractivity contribution >= 4 is 18.4 Å². The first kappa shape index (κ1) is 13.9. The van der Waals surface area contributed by atoms with Crippen molar-refractivity contribution < 1.29 is 18.9 Å². The lowest BCUT2D eigenvalue weighted by Crippen LogP contribution is -2.29. The Morgan fingerprint density at radius 3 is 3.10 bits per heavy atom. The Balaban J connectivity index is 1.77. The molecule has 0 bridgehead atoms. The third-order valence-corrected chi connectivity index (χ3v) is 3.56. The van der Waals surface area contributed by atoms with Crippen molar-refractivity contribution in [1.29, 1.82) is 0 Å². The number of pyridine rings is 1. The van der Waals surface area contributed by atoms with Gasteiger partial charge in [0.25, 0.3) is 0 Å². The quantitative estimate of drug-likeness (QED) is 0.678. The highest BCUT2D eigenvalue weighted by Gasteiger charge is 2.29. The normalized spacial score (nSPS) is 13.3. The van der Waals surface area contributed by atoms with Gasteiger partial charge < -0.3 is 9.68 Å². The van der Waals surface area contributed by atoms with Gasteiger partial charge in [0.15, 0.2) is 5.78 Å². The van der Waals surface area contributed by atoms with Crippen LogP contribution >= 0.6 is 0 Å². The van der Waals surface area contributed by atoms with Crippen molar-refractivity contribution in [3.8, 4) is 0 Å². The fourth-order valence-electron chi connectivity index (χ4n) is 2.40. The van der Waals surface area contributed by atoms with Gasteiger partial charge in [-0.2, -0.15) is 0 Å². The molecule has 1 aliphatic heterocycles. The second kappa shape index (κ2) is 5.75. The molecule has 1 aliphatic rings. The highest BCUT2D eigenvalue weighted by Crippen LogP contribution is 2.17. The van der Waals surface area contributed by atoms with Crippen LogP contribution in [0.25, 0.3) is 0 Å². The van der Waals surface area contributed by atoms with Crippen LogP contribution in [0.5, 0.6) is 0 Å². The summed E-state index contributed by atoms with van der Waals surface area (Å²) in [6.07, 6.45) is 4.04. The van der Waals surface area contributed by atoms with Gasteiger partial charge in [-0.25, -0.2) is 4.39 Å². The van der Waals surface area contributed by atoms with E-state index in [0.29, 0.717) is 17.4 Å². The molecule has 2 aromatic rings. The molecular weight excluding hydrogens is 272 g/mol. The van der Waals surface area contributed by atoms with Crippen LogP contribution < -0.4 is 5.46 Å². The van der Waals surface area contributed by atoms with Gasteiger partial charge in [0.1, 0.15) is 5.82 Å². The number of benzene rings is 1. The standard InChI is InChI=1S/C15H13BFNO3/c17-14-6-11-9-21-16(20)13(11)7-12(14)15(19)4-3-10-2-1-5-18-8-10/h1-2,5-8,20H,3-4,9H2. The van der Waals surface area contributed by atoms with Crippen LogP contribution in [0.3, 0.4) is 0 Å². The van der Waals surface area contributed by atoms with Gasteiger partial charge in [0, 0.05) is 18.8 Å². The van der Waals surface area contributed by atoms with E-state index in [0.717, 1.165) is 5.56 Å². The molecule has 0 atom stereocenters. The largest absolute Gasteiger partial charge is 0.491 e. The van der Waals surface area contributed by atoms with E-state index >= 15 is 0 Å². The van der Waals surface area contributed by atoms with E-state index in [-0.39, 0.29) is 24.4 Å². The third-order valence-electron chi connectivity index (χ3n) is 3.56. The lowest BCUT2D eigenvalue weighted by Gasteiger charge is -2.06. The van der Waals surface area contributed by atoms with Crippen molar-refractivity contribution in [2.45, 2.75) is 19.4 Å². The summed E-state index contributed by atoms with van der Waals surface area (Å²) in [5, 5.41) is 9.62. The number of aromatic nitrogens is 1. The average Bonchev–Trinajstić information content (AvgIpc) is 2.85. The van der Waals surface area contributed by atoms with Crippen LogP contribution in [-0.4, -0.2) is 22.9 Å². The average molecular weight is 285 g/mol. The van der Waals surface area contributed by atoms with Crippen molar-refractivity contribution in [3.63, 3.8) is 0 Å². The van der Waals surface area contributed by atoms with E-state index in [1.54, 1.807) is 18.5 Å². The third kappa shape index (κ3) is 2.86. The second-order valence-electron chi connectivity index (χ2n) is 4.98. The van der Waals surface area contributed by atoms with Gasteiger partial charge in [-0.1, -0.05) is 6.07 Å². The highest BCUT2D eigenvalue weighted by atomic mass is 19.1.